The van der Waals surface area contributed by atoms with Crippen LogP contribution >= 0.6 is 0 Å². The van der Waals surface area contributed by atoms with E-state index in [0.29, 0.717) is 12.2 Å². The van der Waals surface area contributed by atoms with Crippen molar-refractivity contribution >= 4 is 12.0 Å². The second-order valence-corrected chi connectivity index (χ2v) is 4.06. The van der Waals surface area contributed by atoms with Crippen molar-refractivity contribution in [2.75, 3.05) is 12.1 Å². The Hall–Kier alpha value is -2.63. The van der Waals surface area contributed by atoms with Gasteiger partial charge in [0, 0.05) is 32.8 Å². The fraction of sp³-hybridized carbons (Fsp3) is 0.214. The van der Waals surface area contributed by atoms with Gasteiger partial charge in [-0.1, -0.05) is 31.4 Å². The van der Waals surface area contributed by atoms with E-state index < -0.39 is 5.69 Å². The predicted molar refractivity (Wildman–Crippen MR) is 82.3 cm³/mol. The molecular formula is C14H18N4O2. The second-order valence-electron chi connectivity index (χ2n) is 4.06. The summed E-state index contributed by atoms with van der Waals surface area (Å²) in [5.41, 5.74) is 0.103. The molecular weight excluding hydrogens is 256 g/mol. The molecule has 0 fully saturated rings. The molecule has 1 N–H and O–H groups in total. The van der Waals surface area contributed by atoms with Gasteiger partial charge in [-0.3, -0.25) is 19.4 Å². The van der Waals surface area contributed by atoms with Crippen LogP contribution in [0.3, 0.4) is 0 Å². The first-order valence-electron chi connectivity index (χ1n) is 6.00. The van der Waals surface area contributed by atoms with Crippen LogP contribution in [0.4, 0.5) is 5.82 Å². The molecule has 106 valence electrons. The maximum absolute atomic E-state index is 11.5. The van der Waals surface area contributed by atoms with Crippen molar-refractivity contribution < 1.29 is 0 Å². The van der Waals surface area contributed by atoms with Gasteiger partial charge in [-0.05, 0) is 5.57 Å². The summed E-state index contributed by atoms with van der Waals surface area (Å²) in [7, 11) is 3.05. The van der Waals surface area contributed by atoms with Gasteiger partial charge in [0.05, 0.1) is 0 Å². The lowest BCUT2D eigenvalue weighted by molar-refractivity contribution is 0.766. The van der Waals surface area contributed by atoms with Gasteiger partial charge >= 0.3 is 5.69 Å². The molecule has 0 aliphatic carbocycles. The van der Waals surface area contributed by atoms with Crippen molar-refractivity contribution in [1.82, 2.24) is 9.55 Å². The summed E-state index contributed by atoms with van der Waals surface area (Å²) in [6.07, 6.45) is 7.46. The van der Waals surface area contributed by atoms with Gasteiger partial charge in [-0.2, -0.15) is 5.10 Å². The SMILES string of the molecule is C=C/C=C(\C=C)C/C=N/N(C)c1cc(=O)n(C)c(=O)[nH]1. The normalized spacial score (nSPS) is 11.6. The summed E-state index contributed by atoms with van der Waals surface area (Å²) < 4.78 is 0.990. The van der Waals surface area contributed by atoms with Gasteiger partial charge in [-0.25, -0.2) is 4.79 Å². The minimum absolute atomic E-state index is 0.335. The molecule has 0 aliphatic heterocycles. The van der Waals surface area contributed by atoms with Crippen LogP contribution in [0.15, 0.2) is 57.7 Å². The molecule has 20 heavy (non-hydrogen) atoms. The van der Waals surface area contributed by atoms with Crippen molar-refractivity contribution in [1.29, 1.82) is 0 Å². The molecule has 0 saturated carbocycles. The van der Waals surface area contributed by atoms with Gasteiger partial charge < -0.3 is 0 Å². The number of aromatic nitrogens is 2. The molecule has 0 bridgehead atoms. The Morgan fingerprint density at radius 3 is 2.75 bits per heavy atom. The zero-order valence-corrected chi connectivity index (χ0v) is 11.7. The highest BCUT2D eigenvalue weighted by atomic mass is 16.2. The van der Waals surface area contributed by atoms with E-state index in [1.54, 1.807) is 25.4 Å². The topological polar surface area (TPSA) is 70.5 Å². The van der Waals surface area contributed by atoms with Crippen LogP contribution in [0.2, 0.25) is 0 Å². The lowest BCUT2D eigenvalue weighted by Gasteiger charge is -2.12. The molecule has 1 heterocycles. The van der Waals surface area contributed by atoms with E-state index in [4.69, 9.17) is 0 Å². The van der Waals surface area contributed by atoms with Crippen molar-refractivity contribution in [2.24, 2.45) is 12.1 Å². The number of allylic oxidation sites excluding steroid dienone is 4. The molecule has 0 aliphatic rings. The van der Waals surface area contributed by atoms with Crippen molar-refractivity contribution in [2.45, 2.75) is 6.42 Å². The number of hydrogen-bond donors (Lipinski definition) is 1. The first-order chi connectivity index (χ1) is 9.49. The number of hydrazone groups is 1. The third-order valence-electron chi connectivity index (χ3n) is 2.66. The molecule has 1 rings (SSSR count). The van der Waals surface area contributed by atoms with E-state index in [0.717, 1.165) is 10.1 Å². The second kappa shape index (κ2) is 7.08. The van der Waals surface area contributed by atoms with Gasteiger partial charge in [0.15, 0.2) is 0 Å². The van der Waals surface area contributed by atoms with Crippen LogP contribution in [0, 0.1) is 0 Å². The van der Waals surface area contributed by atoms with Crippen LogP contribution in [0.5, 0.6) is 0 Å². The molecule has 0 atom stereocenters. The van der Waals surface area contributed by atoms with Crippen molar-refractivity contribution in [3.05, 3.63) is 63.9 Å². The maximum atomic E-state index is 11.5. The molecule has 6 nitrogen and oxygen atoms in total. The number of hydrogen-bond acceptors (Lipinski definition) is 4. The third kappa shape index (κ3) is 3.94. The van der Waals surface area contributed by atoms with E-state index in [-0.39, 0.29) is 5.56 Å². The minimum atomic E-state index is -0.479. The molecule has 0 aromatic carbocycles. The number of nitrogens with zero attached hydrogens (tertiary/aromatic N) is 3. The van der Waals surface area contributed by atoms with E-state index in [2.05, 4.69) is 23.2 Å². The van der Waals surface area contributed by atoms with Crippen LogP contribution < -0.4 is 16.3 Å². The van der Waals surface area contributed by atoms with Gasteiger partial charge in [-0.15, -0.1) is 0 Å². The highest BCUT2D eigenvalue weighted by Gasteiger charge is 2.03. The molecule has 6 heteroatoms. The summed E-state index contributed by atoms with van der Waals surface area (Å²) in [5, 5.41) is 5.57. The minimum Gasteiger partial charge on any atom is -0.292 e. The number of anilines is 1. The van der Waals surface area contributed by atoms with E-state index in [9.17, 15) is 9.59 Å². The molecule has 0 amide bonds. The summed E-state index contributed by atoms with van der Waals surface area (Å²) in [6.45, 7) is 7.30. The Kier molecular flexibility index (Phi) is 5.46. The third-order valence-corrected chi connectivity index (χ3v) is 2.66. The fourth-order valence-electron chi connectivity index (χ4n) is 1.42. The molecule has 1 aromatic rings. The fourth-order valence-corrected chi connectivity index (χ4v) is 1.42. The van der Waals surface area contributed by atoms with Crippen molar-refractivity contribution in [3.8, 4) is 0 Å². The highest BCUT2D eigenvalue weighted by Crippen LogP contribution is 2.04. The largest absolute Gasteiger partial charge is 0.329 e. The number of rotatable bonds is 6. The summed E-state index contributed by atoms with van der Waals surface area (Å²) in [6, 6.07) is 1.31. The van der Waals surface area contributed by atoms with Crippen LogP contribution in [0.1, 0.15) is 6.42 Å². The Labute approximate surface area is 117 Å². The quantitative estimate of drug-likeness (QED) is 0.481. The standard InChI is InChI=1S/C14H18N4O2/c1-5-7-11(6-2)8-9-15-18(4)12-10-13(19)17(3)14(20)16-12/h5-7,9-10H,1-2,8H2,3-4H3,(H,16,20)/b11-7+,15-9+. The van der Waals surface area contributed by atoms with E-state index in [1.807, 2.05) is 6.08 Å². The van der Waals surface area contributed by atoms with Crippen LogP contribution in [-0.2, 0) is 7.05 Å². The Morgan fingerprint density at radius 2 is 2.20 bits per heavy atom. The predicted octanol–water partition coefficient (Wildman–Crippen LogP) is 1.18. The molecule has 0 saturated heterocycles. The van der Waals surface area contributed by atoms with E-state index >= 15 is 0 Å². The highest BCUT2D eigenvalue weighted by molar-refractivity contribution is 5.64. The van der Waals surface area contributed by atoms with Gasteiger partial charge in [0.1, 0.15) is 5.82 Å². The zero-order valence-electron chi connectivity index (χ0n) is 11.7. The number of aromatic amines is 1. The van der Waals surface area contributed by atoms with Crippen LogP contribution in [-0.4, -0.2) is 22.8 Å². The zero-order chi connectivity index (χ0) is 15.1. The number of nitrogens with one attached hydrogen (secondary N) is 1. The molecule has 0 radical (unpaired) electrons. The Balaban J connectivity index is 2.86. The van der Waals surface area contributed by atoms with Gasteiger partial charge in [0.2, 0.25) is 0 Å². The number of H-pyrrole nitrogens is 1. The maximum Gasteiger partial charge on any atom is 0.329 e. The monoisotopic (exact) mass is 274 g/mol. The first-order valence-corrected chi connectivity index (χ1v) is 6.00. The average Bonchev–Trinajstić information content (AvgIpc) is 2.43. The first kappa shape index (κ1) is 15.4. The van der Waals surface area contributed by atoms with Crippen LogP contribution in [0.25, 0.3) is 0 Å². The van der Waals surface area contributed by atoms with Gasteiger partial charge in [0.25, 0.3) is 5.56 Å². The Morgan fingerprint density at radius 1 is 1.50 bits per heavy atom. The lowest BCUT2D eigenvalue weighted by Crippen LogP contribution is -2.33. The Bertz CT molecular complexity index is 633. The smallest absolute Gasteiger partial charge is 0.292 e. The summed E-state index contributed by atoms with van der Waals surface area (Å²) >= 11 is 0. The van der Waals surface area contributed by atoms with E-state index in [1.165, 1.54) is 18.1 Å². The summed E-state index contributed by atoms with van der Waals surface area (Å²) in [4.78, 5) is 25.5. The van der Waals surface area contributed by atoms with Crippen molar-refractivity contribution in [3.63, 3.8) is 0 Å². The summed E-state index contributed by atoms with van der Waals surface area (Å²) in [5.74, 6) is 0.335. The lowest BCUT2D eigenvalue weighted by atomic mass is 10.2. The average molecular weight is 274 g/mol. The molecule has 0 unspecified atom stereocenters. The molecule has 0 spiro atoms. The molecule has 1 aromatic heterocycles.